The number of carbonyl (C=O) groups excluding carboxylic acids is 1. The molecule has 1 fully saturated rings. The van der Waals surface area contributed by atoms with Crippen LogP contribution in [0.25, 0.3) is 0 Å². The van der Waals surface area contributed by atoms with Gasteiger partial charge in [-0.2, -0.15) is 0 Å². The molecule has 28 heavy (non-hydrogen) atoms. The van der Waals surface area contributed by atoms with Gasteiger partial charge in [0, 0.05) is 24.0 Å². The Bertz CT molecular complexity index is 814. The molecule has 0 radical (unpaired) electrons. The third-order valence-corrected chi connectivity index (χ3v) is 4.05. The van der Waals surface area contributed by atoms with E-state index in [0.717, 1.165) is 18.9 Å². The summed E-state index contributed by atoms with van der Waals surface area (Å²) in [5, 5.41) is 22.3. The van der Waals surface area contributed by atoms with Crippen LogP contribution in [0.1, 0.15) is 51.7 Å². The monoisotopic (exact) mass is 399 g/mol. The maximum absolute atomic E-state index is 14.4. The van der Waals surface area contributed by atoms with Gasteiger partial charge in [-0.1, -0.05) is 11.8 Å². The van der Waals surface area contributed by atoms with Gasteiger partial charge in [0.05, 0.1) is 12.3 Å². The second kappa shape index (κ2) is 7.64. The Balaban J connectivity index is 2.58. The number of benzene rings is 1. The van der Waals surface area contributed by atoms with Crippen LogP contribution >= 0.6 is 0 Å². The largest absolute Gasteiger partial charge is 0.444 e. The fraction of sp³-hybridized carbons (Fsp3) is 0.550. The summed E-state index contributed by atoms with van der Waals surface area (Å²) in [6.07, 6.45) is 0.486. The summed E-state index contributed by atoms with van der Waals surface area (Å²) in [5.41, 5.74) is -5.11. The van der Waals surface area contributed by atoms with Crippen molar-refractivity contribution >= 4 is 11.8 Å². The third-order valence-electron chi connectivity index (χ3n) is 4.05. The number of nitrogens with one attached hydrogen (secondary N) is 1. The molecule has 1 aliphatic carbocycles. The second-order valence-corrected chi connectivity index (χ2v) is 7.92. The molecule has 3 N–H and O–H groups in total. The van der Waals surface area contributed by atoms with Gasteiger partial charge in [0.1, 0.15) is 11.4 Å². The number of halogens is 3. The van der Waals surface area contributed by atoms with Gasteiger partial charge >= 0.3 is 6.09 Å². The molecule has 1 aromatic rings. The number of carbonyl (C=O) groups is 1. The number of ether oxygens (including phenoxy) is 1. The molecular formula is C20H24F3NO4. The first-order valence-corrected chi connectivity index (χ1v) is 8.83. The van der Waals surface area contributed by atoms with Crippen LogP contribution in [-0.2, 0) is 16.9 Å². The Morgan fingerprint density at radius 2 is 1.89 bits per heavy atom. The fourth-order valence-electron chi connectivity index (χ4n) is 2.40. The van der Waals surface area contributed by atoms with Gasteiger partial charge in [0.2, 0.25) is 5.60 Å². The number of aliphatic hydroxyl groups is 2. The zero-order valence-electron chi connectivity index (χ0n) is 16.2. The molecule has 5 nitrogen and oxygen atoms in total. The van der Waals surface area contributed by atoms with Crippen LogP contribution in [0.3, 0.4) is 0 Å². The number of hydrogen-bond donors (Lipinski definition) is 3. The minimum atomic E-state index is -3.77. The number of alkyl halides is 2. The van der Waals surface area contributed by atoms with Crippen molar-refractivity contribution in [3.63, 3.8) is 0 Å². The van der Waals surface area contributed by atoms with Crippen molar-refractivity contribution in [2.24, 2.45) is 5.92 Å². The van der Waals surface area contributed by atoms with Crippen LogP contribution in [-0.4, -0.2) is 27.8 Å². The first-order chi connectivity index (χ1) is 12.8. The Morgan fingerprint density at radius 1 is 1.29 bits per heavy atom. The summed E-state index contributed by atoms with van der Waals surface area (Å²) in [6, 6.07) is 1.63. The van der Waals surface area contributed by atoms with Gasteiger partial charge in [0.15, 0.2) is 0 Å². The predicted octanol–water partition coefficient (Wildman–Crippen LogP) is 3.92. The van der Waals surface area contributed by atoms with E-state index in [9.17, 15) is 28.2 Å². The minimum Gasteiger partial charge on any atom is -0.444 e. The first kappa shape index (κ1) is 22.1. The van der Waals surface area contributed by atoms with Crippen LogP contribution in [0.5, 0.6) is 0 Å². The van der Waals surface area contributed by atoms with E-state index < -0.39 is 41.2 Å². The lowest BCUT2D eigenvalue weighted by molar-refractivity contribution is -0.140. The summed E-state index contributed by atoms with van der Waals surface area (Å²) in [5.74, 6) is -0.133. The van der Waals surface area contributed by atoms with Crippen LogP contribution in [0, 0.1) is 23.6 Å². The van der Waals surface area contributed by atoms with Crippen molar-refractivity contribution in [1.29, 1.82) is 0 Å². The zero-order chi connectivity index (χ0) is 21.3. The smallest absolute Gasteiger partial charge is 0.412 e. The van der Waals surface area contributed by atoms with Gasteiger partial charge < -0.3 is 14.9 Å². The van der Waals surface area contributed by atoms with E-state index in [0.29, 0.717) is 13.0 Å². The maximum atomic E-state index is 14.4. The first-order valence-electron chi connectivity index (χ1n) is 8.83. The van der Waals surface area contributed by atoms with E-state index in [-0.39, 0.29) is 17.2 Å². The van der Waals surface area contributed by atoms with Crippen molar-refractivity contribution in [3.05, 3.63) is 29.1 Å². The average Bonchev–Trinajstić information content (AvgIpc) is 3.35. The molecule has 1 saturated carbocycles. The Kier molecular flexibility index (Phi) is 6.02. The Labute approximate surface area is 161 Å². The zero-order valence-corrected chi connectivity index (χ0v) is 16.2. The number of anilines is 1. The van der Waals surface area contributed by atoms with Crippen molar-refractivity contribution in [2.45, 2.75) is 64.3 Å². The normalized spacial score (nSPS) is 16.6. The number of hydrogen-bond acceptors (Lipinski definition) is 4. The lowest BCUT2D eigenvalue weighted by atomic mass is 9.86. The highest BCUT2D eigenvalue weighted by molar-refractivity contribution is 5.86. The van der Waals surface area contributed by atoms with E-state index in [1.165, 1.54) is 0 Å². The molecular weight excluding hydrogens is 375 g/mol. The van der Waals surface area contributed by atoms with E-state index in [2.05, 4.69) is 17.2 Å². The molecule has 0 heterocycles. The van der Waals surface area contributed by atoms with Crippen LogP contribution in [0.15, 0.2) is 12.1 Å². The topological polar surface area (TPSA) is 78.8 Å². The lowest BCUT2D eigenvalue weighted by Gasteiger charge is -2.31. The molecule has 2 rings (SSSR count). The van der Waals surface area contributed by atoms with E-state index in [1.807, 2.05) is 0 Å². The highest BCUT2D eigenvalue weighted by Gasteiger charge is 2.51. The summed E-state index contributed by atoms with van der Waals surface area (Å²) < 4.78 is 48.1. The van der Waals surface area contributed by atoms with Crippen LogP contribution < -0.4 is 5.32 Å². The lowest BCUT2D eigenvalue weighted by Crippen LogP contribution is -2.43. The molecule has 1 unspecified atom stereocenters. The van der Waals surface area contributed by atoms with E-state index in [1.54, 1.807) is 20.8 Å². The standard InChI is InChI=1S/C20H24F3NO4/c1-18(2,3)28-17(26)24-16-9-13(11-25)15(21)10-14(16)20(27,19(4,22)23)8-7-12-5-6-12/h9-10,12,25,27H,5-6,11H2,1-4H3,(H,24,26). The van der Waals surface area contributed by atoms with Gasteiger partial charge in [-0.05, 0) is 45.7 Å². The molecule has 154 valence electrons. The molecule has 8 heteroatoms. The summed E-state index contributed by atoms with van der Waals surface area (Å²) in [6.45, 7) is 4.55. The Hall–Kier alpha value is -2.24. The van der Waals surface area contributed by atoms with Crippen molar-refractivity contribution in [2.75, 3.05) is 5.32 Å². The highest BCUT2D eigenvalue weighted by atomic mass is 19.3. The summed E-state index contributed by atoms with van der Waals surface area (Å²) in [7, 11) is 0. The average molecular weight is 399 g/mol. The highest BCUT2D eigenvalue weighted by Crippen LogP contribution is 2.42. The number of amides is 1. The number of rotatable bonds is 4. The molecule has 1 atom stereocenters. The molecule has 1 aromatic carbocycles. The van der Waals surface area contributed by atoms with E-state index >= 15 is 0 Å². The summed E-state index contributed by atoms with van der Waals surface area (Å²) in [4.78, 5) is 12.1. The molecule has 0 spiro atoms. The third kappa shape index (κ3) is 5.18. The van der Waals surface area contributed by atoms with Gasteiger partial charge in [-0.15, -0.1) is 0 Å². The molecule has 1 aliphatic rings. The van der Waals surface area contributed by atoms with Crippen LogP contribution in [0.2, 0.25) is 0 Å². The Morgan fingerprint density at radius 3 is 2.36 bits per heavy atom. The summed E-state index contributed by atoms with van der Waals surface area (Å²) >= 11 is 0. The quantitative estimate of drug-likeness (QED) is 0.671. The maximum Gasteiger partial charge on any atom is 0.412 e. The van der Waals surface area contributed by atoms with Crippen molar-refractivity contribution < 1.29 is 32.9 Å². The van der Waals surface area contributed by atoms with Crippen LogP contribution in [0.4, 0.5) is 23.7 Å². The van der Waals surface area contributed by atoms with Gasteiger partial charge in [-0.25, -0.2) is 18.0 Å². The van der Waals surface area contributed by atoms with E-state index in [4.69, 9.17) is 4.74 Å². The molecule has 0 aromatic heterocycles. The van der Waals surface area contributed by atoms with Crippen molar-refractivity contribution in [1.82, 2.24) is 0 Å². The van der Waals surface area contributed by atoms with Gasteiger partial charge in [-0.3, -0.25) is 5.32 Å². The number of aliphatic hydroxyl groups excluding tert-OH is 1. The molecule has 0 bridgehead atoms. The fourth-order valence-corrected chi connectivity index (χ4v) is 2.40. The SMILES string of the molecule is CC(C)(C)OC(=O)Nc1cc(CO)c(F)cc1C(O)(C#CC1CC1)C(C)(F)F. The predicted molar refractivity (Wildman–Crippen MR) is 97.2 cm³/mol. The van der Waals surface area contributed by atoms with Crippen molar-refractivity contribution in [3.8, 4) is 11.8 Å². The molecule has 0 saturated heterocycles. The molecule has 0 aliphatic heterocycles. The second-order valence-electron chi connectivity index (χ2n) is 7.92. The van der Waals surface area contributed by atoms with Gasteiger partial charge in [0.25, 0.3) is 5.92 Å². The minimum absolute atomic E-state index is 0.0994. The molecule has 1 amide bonds.